The maximum Gasteiger partial charge on any atom is 0.481 e. The van der Waals surface area contributed by atoms with E-state index in [4.69, 9.17) is 8.85 Å². The highest BCUT2D eigenvalue weighted by molar-refractivity contribution is 6.54. The minimum Gasteiger partial charge on any atom is -0.526 e. The molecule has 2 rings (SSSR count). The molecule has 0 aromatic carbocycles. The molecule has 2 aliphatic rings. The van der Waals surface area contributed by atoms with Crippen molar-refractivity contribution in [3.8, 4) is 0 Å². The molecule has 2 fully saturated rings. The summed E-state index contributed by atoms with van der Waals surface area (Å²) >= 11 is 0. The van der Waals surface area contributed by atoms with Crippen LogP contribution in [0.5, 0.6) is 0 Å². The summed E-state index contributed by atoms with van der Waals surface area (Å²) in [5, 5.41) is 0. The van der Waals surface area contributed by atoms with E-state index in [0.717, 1.165) is 5.76 Å². The van der Waals surface area contributed by atoms with E-state index in [1.807, 2.05) is 0 Å². The molecule has 0 spiro atoms. The van der Waals surface area contributed by atoms with Gasteiger partial charge in [-0.05, 0) is 37.3 Å². The first-order valence-electron chi connectivity index (χ1n) is 7.42. The summed E-state index contributed by atoms with van der Waals surface area (Å²) in [7, 11) is 0.530. The van der Waals surface area contributed by atoms with E-state index >= 15 is 0 Å². The quantitative estimate of drug-likeness (QED) is 0.428. The Kier molecular flexibility index (Phi) is 5.48. The van der Waals surface area contributed by atoms with Crippen molar-refractivity contribution in [2.75, 3.05) is 7.11 Å². The molecule has 18 heavy (non-hydrogen) atoms. The van der Waals surface area contributed by atoms with Crippen LogP contribution in [-0.2, 0) is 8.85 Å². The summed E-state index contributed by atoms with van der Waals surface area (Å²) in [6.45, 7) is 4.08. The van der Waals surface area contributed by atoms with E-state index < -0.39 is 8.90 Å². The molecule has 0 unspecified atom stereocenters. The average molecular weight is 266 g/mol. The van der Waals surface area contributed by atoms with Crippen LogP contribution in [0.15, 0.2) is 12.3 Å². The Morgan fingerprint density at radius 1 is 1.06 bits per heavy atom. The molecule has 0 radical (unpaired) electrons. The molecule has 0 aromatic heterocycles. The number of allylic oxidation sites excluding steroid dienone is 1. The zero-order chi connectivity index (χ0) is 12.8. The lowest BCUT2D eigenvalue weighted by Gasteiger charge is -2.27. The molecule has 2 aliphatic carbocycles. The summed E-state index contributed by atoms with van der Waals surface area (Å²) in [4.78, 5) is 0. The van der Waals surface area contributed by atoms with Crippen LogP contribution in [0.2, 0.25) is 0 Å². The van der Waals surface area contributed by atoms with Gasteiger partial charge in [0.05, 0.1) is 12.9 Å². The Morgan fingerprint density at radius 3 is 2.22 bits per heavy atom. The maximum absolute atomic E-state index is 5.98. The van der Waals surface area contributed by atoms with Gasteiger partial charge in [-0.2, -0.15) is 0 Å². The first-order valence-corrected chi connectivity index (χ1v) is 8.81. The fourth-order valence-corrected chi connectivity index (χ4v) is 4.19. The lowest BCUT2D eigenvalue weighted by molar-refractivity contribution is 0.230. The van der Waals surface area contributed by atoms with Crippen LogP contribution >= 0.6 is 0 Å². The van der Waals surface area contributed by atoms with Gasteiger partial charge in [-0.15, -0.1) is 0 Å². The Hall–Kier alpha value is -0.573. The van der Waals surface area contributed by atoms with Crippen molar-refractivity contribution in [1.29, 1.82) is 0 Å². The summed E-state index contributed by atoms with van der Waals surface area (Å²) < 4.78 is 11.5. The van der Waals surface area contributed by atoms with Gasteiger partial charge in [-0.3, -0.25) is 0 Å². The highest BCUT2D eigenvalue weighted by Gasteiger charge is 2.23. The Bertz CT molecular complexity index is 300. The van der Waals surface area contributed by atoms with Crippen LogP contribution in [0, 0.1) is 11.8 Å². The van der Waals surface area contributed by atoms with Gasteiger partial charge in [0.15, 0.2) is 0 Å². The second kappa shape index (κ2) is 7.12. The van der Waals surface area contributed by atoms with Crippen molar-refractivity contribution in [2.45, 2.75) is 57.8 Å². The third kappa shape index (κ3) is 3.97. The van der Waals surface area contributed by atoms with Crippen LogP contribution in [0.3, 0.4) is 0 Å². The predicted octanol–water partition coefficient (Wildman–Crippen LogP) is 3.81. The van der Waals surface area contributed by atoms with Gasteiger partial charge in [-0.1, -0.05) is 38.7 Å². The highest BCUT2D eigenvalue weighted by atomic mass is 28.3. The van der Waals surface area contributed by atoms with Gasteiger partial charge in [0.2, 0.25) is 0 Å². The minimum atomic E-state index is -1.24. The fraction of sp³-hybridized carbons (Fsp3) is 0.800. The SMILES string of the molecule is C=C(O[Si](=CC1CCCCCC1)OC)C1CCC1. The van der Waals surface area contributed by atoms with Gasteiger partial charge in [0.1, 0.15) is 0 Å². The molecule has 0 heterocycles. The van der Waals surface area contributed by atoms with Gasteiger partial charge < -0.3 is 8.85 Å². The molecule has 0 aliphatic heterocycles. The smallest absolute Gasteiger partial charge is 0.481 e. The molecule has 0 aromatic rings. The van der Waals surface area contributed by atoms with Crippen molar-refractivity contribution in [1.82, 2.24) is 0 Å². The predicted molar refractivity (Wildman–Crippen MR) is 77.6 cm³/mol. The fourth-order valence-electron chi connectivity index (χ4n) is 2.76. The first-order chi connectivity index (χ1) is 8.79. The molecule has 102 valence electrons. The molecule has 0 atom stereocenters. The molecule has 0 bridgehead atoms. The van der Waals surface area contributed by atoms with E-state index in [9.17, 15) is 0 Å². The Balaban J connectivity index is 1.87. The zero-order valence-corrected chi connectivity index (χ0v) is 12.6. The second-order valence-electron chi connectivity index (χ2n) is 5.64. The maximum atomic E-state index is 5.98. The number of hydrogen-bond donors (Lipinski definition) is 0. The molecule has 3 heteroatoms. The van der Waals surface area contributed by atoms with Crippen LogP contribution in [0.25, 0.3) is 0 Å². The van der Waals surface area contributed by atoms with Crippen LogP contribution in [0.1, 0.15) is 57.8 Å². The lowest BCUT2D eigenvalue weighted by atomic mass is 9.84. The molecule has 0 amide bonds. The third-order valence-corrected chi connectivity index (χ3v) is 5.87. The monoisotopic (exact) mass is 266 g/mol. The van der Waals surface area contributed by atoms with Crippen molar-refractivity contribution >= 4 is 14.6 Å². The lowest BCUT2D eigenvalue weighted by Crippen LogP contribution is -2.23. The average Bonchev–Trinajstić information content (AvgIpc) is 2.54. The molecular weight excluding hydrogens is 240 g/mol. The van der Waals surface area contributed by atoms with Gasteiger partial charge in [0, 0.05) is 5.92 Å². The van der Waals surface area contributed by atoms with Crippen molar-refractivity contribution in [3.63, 3.8) is 0 Å². The summed E-state index contributed by atoms with van der Waals surface area (Å²) in [5.41, 5.74) is 2.36. The zero-order valence-electron chi connectivity index (χ0n) is 11.6. The van der Waals surface area contributed by atoms with E-state index in [0.29, 0.717) is 11.8 Å². The van der Waals surface area contributed by atoms with Crippen molar-refractivity contribution in [2.24, 2.45) is 11.8 Å². The highest BCUT2D eigenvalue weighted by Crippen LogP contribution is 2.32. The van der Waals surface area contributed by atoms with Crippen LogP contribution in [0.4, 0.5) is 0 Å². The number of rotatable bonds is 5. The van der Waals surface area contributed by atoms with Crippen LogP contribution < -0.4 is 0 Å². The topological polar surface area (TPSA) is 18.5 Å². The second-order valence-corrected chi connectivity index (χ2v) is 7.22. The normalized spacial score (nSPS) is 23.1. The first kappa shape index (κ1) is 13.8. The molecule has 0 saturated heterocycles. The summed E-state index contributed by atoms with van der Waals surface area (Å²) in [5.74, 6) is 2.28. The molecule has 0 N–H and O–H groups in total. The molecular formula is C15H26O2Si. The Morgan fingerprint density at radius 2 is 1.72 bits per heavy atom. The number of hydrogen-bond acceptors (Lipinski definition) is 2. The summed E-state index contributed by atoms with van der Waals surface area (Å²) in [6.07, 6.45) is 12.0. The Labute approximate surface area is 113 Å². The largest absolute Gasteiger partial charge is 0.526 e. The van der Waals surface area contributed by atoms with Crippen molar-refractivity contribution < 1.29 is 8.85 Å². The van der Waals surface area contributed by atoms with Crippen molar-refractivity contribution in [3.05, 3.63) is 12.3 Å². The van der Waals surface area contributed by atoms with Gasteiger partial charge in [-0.25, -0.2) is 0 Å². The minimum absolute atomic E-state index is 0.600. The van der Waals surface area contributed by atoms with E-state index in [2.05, 4.69) is 12.3 Å². The van der Waals surface area contributed by atoms with Gasteiger partial charge in [0.25, 0.3) is 0 Å². The third-order valence-electron chi connectivity index (χ3n) is 4.26. The van der Waals surface area contributed by atoms with E-state index in [1.54, 1.807) is 7.11 Å². The van der Waals surface area contributed by atoms with Gasteiger partial charge >= 0.3 is 8.90 Å². The summed E-state index contributed by atoms with van der Waals surface area (Å²) in [6, 6.07) is 0. The molecule has 2 nitrogen and oxygen atoms in total. The van der Waals surface area contributed by atoms with Crippen LogP contribution in [-0.4, -0.2) is 21.7 Å². The van der Waals surface area contributed by atoms with E-state index in [-0.39, 0.29) is 0 Å². The standard InChI is InChI=1S/C15H26O2Si/c1-13(15-10-7-11-15)17-18(16-2)12-14-8-5-3-4-6-9-14/h12,14-15H,1,3-11H2,2H3. The van der Waals surface area contributed by atoms with E-state index in [1.165, 1.54) is 57.8 Å². The molecule has 2 saturated carbocycles.